The summed E-state index contributed by atoms with van der Waals surface area (Å²) in [6.07, 6.45) is 1.46. The van der Waals surface area contributed by atoms with Gasteiger partial charge < -0.3 is 9.30 Å². The zero-order chi connectivity index (χ0) is 31.5. The van der Waals surface area contributed by atoms with E-state index in [1.165, 1.54) is 18.2 Å². The highest BCUT2D eigenvalue weighted by molar-refractivity contribution is 6.39. The van der Waals surface area contributed by atoms with Crippen molar-refractivity contribution in [1.29, 1.82) is 0 Å². The standard InChI is InChI=1S/C36H26FN3O5/c1-2-45-35(43)25-13-17-28(18-14-25)39-31(23-9-5-3-6-10-23)22-26(32(39)24-11-7-4-8-12-24)21-30-33(41)38-36(44)40(34(30)42)29-19-15-27(37)16-20-29/h3-22H,2H2,1H3,(H,38,41,44)/b30-21-. The smallest absolute Gasteiger partial charge is 0.338 e. The Balaban J connectivity index is 1.57. The summed E-state index contributed by atoms with van der Waals surface area (Å²) >= 11 is 0. The molecule has 0 bridgehead atoms. The highest BCUT2D eigenvalue weighted by Crippen LogP contribution is 2.38. The summed E-state index contributed by atoms with van der Waals surface area (Å²) in [6.45, 7) is 2.00. The van der Waals surface area contributed by atoms with Crippen LogP contribution in [0.15, 0.2) is 121 Å². The number of aromatic nitrogens is 1. The second kappa shape index (κ2) is 12.3. The summed E-state index contributed by atoms with van der Waals surface area (Å²) in [7, 11) is 0. The van der Waals surface area contributed by atoms with Crippen LogP contribution in [0.3, 0.4) is 0 Å². The van der Waals surface area contributed by atoms with Gasteiger partial charge in [-0.2, -0.15) is 0 Å². The van der Waals surface area contributed by atoms with E-state index in [1.54, 1.807) is 31.2 Å². The highest BCUT2D eigenvalue weighted by Gasteiger charge is 2.37. The SMILES string of the molecule is CCOC(=O)c1ccc(-n2c(-c3ccccc3)cc(/C=C3/C(=O)NC(=O)N(c4ccc(F)cc4)C3=O)c2-c2ccccc2)cc1. The Hall–Kier alpha value is -6.09. The van der Waals surface area contributed by atoms with Gasteiger partial charge in [0, 0.05) is 11.3 Å². The molecule has 0 unspecified atom stereocenters. The van der Waals surface area contributed by atoms with Crippen molar-refractivity contribution in [2.45, 2.75) is 6.92 Å². The fraction of sp³-hybridized carbons (Fsp3) is 0.0556. The van der Waals surface area contributed by atoms with Crippen LogP contribution < -0.4 is 10.2 Å². The van der Waals surface area contributed by atoms with Gasteiger partial charge in [0.25, 0.3) is 11.8 Å². The number of esters is 1. The summed E-state index contributed by atoms with van der Waals surface area (Å²) in [5.74, 6) is -2.67. The average Bonchev–Trinajstić information content (AvgIpc) is 3.44. The van der Waals surface area contributed by atoms with E-state index in [0.717, 1.165) is 33.9 Å². The summed E-state index contributed by atoms with van der Waals surface area (Å²) in [4.78, 5) is 52.8. The second-order valence-electron chi connectivity index (χ2n) is 10.1. The predicted octanol–water partition coefficient (Wildman–Crippen LogP) is 6.79. The Morgan fingerprint density at radius 3 is 2.02 bits per heavy atom. The van der Waals surface area contributed by atoms with Gasteiger partial charge in [-0.15, -0.1) is 0 Å². The van der Waals surface area contributed by atoms with E-state index in [-0.39, 0.29) is 17.9 Å². The predicted molar refractivity (Wildman–Crippen MR) is 168 cm³/mol. The average molecular weight is 600 g/mol. The molecule has 1 N–H and O–H groups in total. The van der Waals surface area contributed by atoms with Crippen molar-refractivity contribution in [1.82, 2.24) is 9.88 Å². The van der Waals surface area contributed by atoms with Crippen molar-refractivity contribution < 1.29 is 28.3 Å². The number of carbonyl (C=O) groups excluding carboxylic acids is 4. The maximum Gasteiger partial charge on any atom is 0.338 e. The molecule has 4 amide bonds. The third-order valence-electron chi connectivity index (χ3n) is 7.27. The third-order valence-corrected chi connectivity index (χ3v) is 7.27. The molecule has 0 aliphatic carbocycles. The first kappa shape index (κ1) is 29.0. The number of amides is 4. The molecule has 5 aromatic rings. The Morgan fingerprint density at radius 1 is 0.800 bits per heavy atom. The maximum atomic E-state index is 13.7. The number of hydrogen-bond donors (Lipinski definition) is 1. The minimum absolute atomic E-state index is 0.116. The van der Waals surface area contributed by atoms with E-state index >= 15 is 0 Å². The first-order chi connectivity index (χ1) is 21.9. The molecule has 1 aliphatic rings. The van der Waals surface area contributed by atoms with Crippen LogP contribution in [-0.4, -0.2) is 35.0 Å². The van der Waals surface area contributed by atoms with Gasteiger partial charge in [-0.25, -0.2) is 18.9 Å². The minimum atomic E-state index is -0.929. The van der Waals surface area contributed by atoms with Crippen molar-refractivity contribution >= 4 is 35.6 Å². The summed E-state index contributed by atoms with van der Waals surface area (Å²) in [5, 5.41) is 2.23. The van der Waals surface area contributed by atoms with Crippen LogP contribution in [0, 0.1) is 5.82 Å². The summed E-state index contributed by atoms with van der Waals surface area (Å²) in [5.41, 5.74) is 4.54. The van der Waals surface area contributed by atoms with Crippen LogP contribution in [0.5, 0.6) is 0 Å². The first-order valence-corrected chi connectivity index (χ1v) is 14.2. The molecule has 1 saturated heterocycles. The molecule has 0 spiro atoms. The van der Waals surface area contributed by atoms with E-state index in [1.807, 2.05) is 71.3 Å². The van der Waals surface area contributed by atoms with Gasteiger partial charge in [0.05, 0.1) is 29.2 Å². The Kier molecular flexibility index (Phi) is 7.90. The quantitative estimate of drug-likeness (QED) is 0.126. The van der Waals surface area contributed by atoms with E-state index in [2.05, 4.69) is 5.32 Å². The lowest BCUT2D eigenvalue weighted by atomic mass is 10.0. The van der Waals surface area contributed by atoms with Crippen LogP contribution >= 0.6 is 0 Å². The van der Waals surface area contributed by atoms with E-state index in [9.17, 15) is 23.6 Å². The van der Waals surface area contributed by atoms with Crippen molar-refractivity contribution in [2.24, 2.45) is 0 Å². The number of halogens is 1. The number of urea groups is 1. The third kappa shape index (κ3) is 5.66. The van der Waals surface area contributed by atoms with Gasteiger partial charge >= 0.3 is 12.0 Å². The van der Waals surface area contributed by atoms with Gasteiger partial charge in [-0.1, -0.05) is 60.7 Å². The largest absolute Gasteiger partial charge is 0.462 e. The molecule has 9 heteroatoms. The second-order valence-corrected chi connectivity index (χ2v) is 10.1. The Morgan fingerprint density at radius 2 is 1.40 bits per heavy atom. The molecule has 6 rings (SSSR count). The summed E-state index contributed by atoms with van der Waals surface area (Å²) < 4.78 is 20.7. The number of hydrogen-bond acceptors (Lipinski definition) is 5. The van der Waals surface area contributed by atoms with E-state index in [0.29, 0.717) is 22.5 Å². The Bertz CT molecular complexity index is 1950. The molecule has 0 saturated carbocycles. The summed E-state index contributed by atoms with van der Waals surface area (Å²) in [6, 6.07) is 31.8. The van der Waals surface area contributed by atoms with Gasteiger partial charge in [-0.3, -0.25) is 14.9 Å². The highest BCUT2D eigenvalue weighted by atomic mass is 19.1. The molecule has 45 heavy (non-hydrogen) atoms. The lowest BCUT2D eigenvalue weighted by Crippen LogP contribution is -2.54. The molecule has 1 fully saturated rings. The molecular weight excluding hydrogens is 573 g/mol. The molecule has 4 aromatic carbocycles. The fourth-order valence-electron chi connectivity index (χ4n) is 5.22. The molecular formula is C36H26FN3O5. The van der Waals surface area contributed by atoms with Crippen LogP contribution in [0.4, 0.5) is 14.9 Å². The normalized spacial score (nSPS) is 14.0. The molecule has 8 nitrogen and oxygen atoms in total. The maximum absolute atomic E-state index is 13.7. The van der Waals surface area contributed by atoms with Crippen molar-refractivity contribution in [3.8, 4) is 28.2 Å². The number of ether oxygens (including phenoxy) is 1. The molecule has 1 aromatic heterocycles. The number of benzene rings is 4. The van der Waals surface area contributed by atoms with Crippen molar-refractivity contribution in [2.75, 3.05) is 11.5 Å². The number of carbonyl (C=O) groups is 4. The van der Waals surface area contributed by atoms with Crippen molar-refractivity contribution in [3.63, 3.8) is 0 Å². The van der Waals surface area contributed by atoms with Gasteiger partial charge in [0.1, 0.15) is 11.4 Å². The lowest BCUT2D eigenvalue weighted by Gasteiger charge is -2.26. The van der Waals surface area contributed by atoms with E-state index < -0.39 is 29.6 Å². The number of imide groups is 2. The monoisotopic (exact) mass is 599 g/mol. The molecule has 1 aliphatic heterocycles. The Labute approximate surface area is 258 Å². The molecule has 0 radical (unpaired) electrons. The lowest BCUT2D eigenvalue weighted by molar-refractivity contribution is -0.122. The number of nitrogens with one attached hydrogen (secondary N) is 1. The van der Waals surface area contributed by atoms with Crippen LogP contribution in [-0.2, 0) is 14.3 Å². The topological polar surface area (TPSA) is 97.7 Å². The zero-order valence-electron chi connectivity index (χ0n) is 24.1. The number of nitrogens with zero attached hydrogens (tertiary/aromatic N) is 2. The zero-order valence-corrected chi connectivity index (χ0v) is 24.1. The number of rotatable bonds is 7. The molecule has 2 heterocycles. The van der Waals surface area contributed by atoms with Gasteiger partial charge in [0.15, 0.2) is 0 Å². The van der Waals surface area contributed by atoms with Gasteiger partial charge in [-0.05, 0) is 78.7 Å². The first-order valence-electron chi connectivity index (χ1n) is 14.2. The van der Waals surface area contributed by atoms with Crippen LogP contribution in [0.25, 0.3) is 34.3 Å². The van der Waals surface area contributed by atoms with Crippen LogP contribution in [0.1, 0.15) is 22.8 Å². The minimum Gasteiger partial charge on any atom is -0.462 e. The molecule has 222 valence electrons. The number of barbiturate groups is 1. The fourth-order valence-corrected chi connectivity index (χ4v) is 5.22. The van der Waals surface area contributed by atoms with Gasteiger partial charge in [0.2, 0.25) is 0 Å². The van der Waals surface area contributed by atoms with Crippen molar-refractivity contribution in [3.05, 3.63) is 138 Å². The molecule has 0 atom stereocenters. The van der Waals surface area contributed by atoms with E-state index in [4.69, 9.17) is 4.74 Å². The number of anilines is 1. The van der Waals surface area contributed by atoms with Crippen LogP contribution in [0.2, 0.25) is 0 Å².